The molecule has 2 amide bonds. The molecule has 22 heavy (non-hydrogen) atoms. The highest BCUT2D eigenvalue weighted by atomic mass is 16.5. The molecule has 2 aromatic rings. The molecule has 0 aliphatic carbocycles. The lowest BCUT2D eigenvalue weighted by Crippen LogP contribution is -2.16. The van der Waals surface area contributed by atoms with Gasteiger partial charge in [-0.05, 0) is 36.2 Å². The lowest BCUT2D eigenvalue weighted by molar-refractivity contribution is 0.187. The number of hydrogen-bond donors (Lipinski definition) is 2. The molecule has 0 bridgehead atoms. The van der Waals surface area contributed by atoms with Crippen LogP contribution in [0.25, 0.3) is 11.1 Å². The van der Waals surface area contributed by atoms with Crippen LogP contribution in [0.4, 0.5) is 15.3 Å². The van der Waals surface area contributed by atoms with E-state index >= 15 is 0 Å². The van der Waals surface area contributed by atoms with Gasteiger partial charge in [0.15, 0.2) is 0 Å². The second-order valence-corrected chi connectivity index (χ2v) is 4.56. The molecule has 0 aliphatic heterocycles. The minimum absolute atomic E-state index is 0.293. The molecule has 0 aromatic heterocycles. The van der Waals surface area contributed by atoms with Gasteiger partial charge in [-0.2, -0.15) is 0 Å². The van der Waals surface area contributed by atoms with Gasteiger partial charge in [0.2, 0.25) is 0 Å². The van der Waals surface area contributed by atoms with E-state index in [0.29, 0.717) is 17.0 Å². The molecule has 0 aliphatic rings. The number of carbonyl (C=O) groups excluding carboxylic acids is 2. The fourth-order valence-electron chi connectivity index (χ4n) is 2.07. The monoisotopic (exact) mass is 300 g/mol. The van der Waals surface area contributed by atoms with Gasteiger partial charge >= 0.3 is 12.2 Å². The number of nitrogens with two attached hydrogens (primary N) is 1. The zero-order valence-corrected chi connectivity index (χ0v) is 12.3. The molecule has 0 radical (unpaired) electrons. The first-order chi connectivity index (χ1) is 10.5. The average Bonchev–Trinajstić information content (AvgIpc) is 2.48. The molecule has 6 heteroatoms. The largest absolute Gasteiger partial charge is 0.453 e. The predicted molar refractivity (Wildman–Crippen MR) is 82.9 cm³/mol. The fraction of sp³-hybridized carbons (Fsp3) is 0.125. The van der Waals surface area contributed by atoms with Crippen molar-refractivity contribution < 1.29 is 19.1 Å². The third-order valence-corrected chi connectivity index (χ3v) is 3.07. The Balaban J connectivity index is 2.52. The Morgan fingerprint density at radius 1 is 1.09 bits per heavy atom. The Morgan fingerprint density at radius 2 is 1.82 bits per heavy atom. The van der Waals surface area contributed by atoms with Crippen LogP contribution < -0.4 is 15.8 Å². The van der Waals surface area contributed by atoms with Crippen LogP contribution in [0.2, 0.25) is 0 Å². The number of amides is 2. The standard InChI is InChI=1S/C16H16N2O4/c1-10-5-3-4-6-12(10)13-9-11(22-15(17)19)7-8-14(13)18-16(20)21-2/h3-9H,1-2H3,(H2,17,19)(H,18,20). The van der Waals surface area contributed by atoms with Crippen LogP contribution in [-0.4, -0.2) is 19.3 Å². The molecule has 114 valence electrons. The third-order valence-electron chi connectivity index (χ3n) is 3.07. The van der Waals surface area contributed by atoms with Crippen LogP contribution in [0.15, 0.2) is 42.5 Å². The molecule has 0 atom stereocenters. The highest BCUT2D eigenvalue weighted by molar-refractivity contribution is 5.92. The zero-order chi connectivity index (χ0) is 16.1. The number of hydrogen-bond acceptors (Lipinski definition) is 4. The maximum absolute atomic E-state index is 11.5. The van der Waals surface area contributed by atoms with E-state index in [9.17, 15) is 9.59 Å². The average molecular weight is 300 g/mol. The number of methoxy groups -OCH3 is 1. The van der Waals surface area contributed by atoms with Crippen molar-refractivity contribution in [1.29, 1.82) is 0 Å². The highest BCUT2D eigenvalue weighted by Crippen LogP contribution is 2.33. The number of anilines is 1. The second kappa shape index (κ2) is 6.62. The lowest BCUT2D eigenvalue weighted by Gasteiger charge is -2.14. The van der Waals surface area contributed by atoms with E-state index < -0.39 is 12.2 Å². The van der Waals surface area contributed by atoms with Crippen molar-refractivity contribution in [3.8, 4) is 16.9 Å². The van der Waals surface area contributed by atoms with E-state index in [4.69, 9.17) is 10.5 Å². The minimum Gasteiger partial charge on any atom is -0.453 e. The van der Waals surface area contributed by atoms with E-state index in [-0.39, 0.29) is 0 Å². The van der Waals surface area contributed by atoms with Gasteiger partial charge < -0.3 is 15.2 Å². The quantitative estimate of drug-likeness (QED) is 0.910. The summed E-state index contributed by atoms with van der Waals surface area (Å²) < 4.78 is 9.51. The molecule has 2 rings (SSSR count). The molecule has 2 aromatic carbocycles. The maximum atomic E-state index is 11.5. The van der Waals surface area contributed by atoms with Gasteiger partial charge in [0.25, 0.3) is 0 Å². The van der Waals surface area contributed by atoms with Crippen molar-refractivity contribution in [2.24, 2.45) is 5.73 Å². The second-order valence-electron chi connectivity index (χ2n) is 4.56. The van der Waals surface area contributed by atoms with Crippen LogP contribution in [0.5, 0.6) is 5.75 Å². The Hall–Kier alpha value is -3.02. The van der Waals surface area contributed by atoms with E-state index in [1.165, 1.54) is 13.2 Å². The van der Waals surface area contributed by atoms with Gasteiger partial charge in [-0.1, -0.05) is 24.3 Å². The van der Waals surface area contributed by atoms with Crippen molar-refractivity contribution >= 4 is 17.9 Å². The van der Waals surface area contributed by atoms with Crippen molar-refractivity contribution in [1.82, 2.24) is 0 Å². The van der Waals surface area contributed by atoms with Gasteiger partial charge in [-0.15, -0.1) is 0 Å². The van der Waals surface area contributed by atoms with Gasteiger partial charge in [-0.25, -0.2) is 9.59 Å². The Morgan fingerprint density at radius 3 is 2.45 bits per heavy atom. The third kappa shape index (κ3) is 3.54. The summed E-state index contributed by atoms with van der Waals surface area (Å²) in [5.41, 5.74) is 8.17. The summed E-state index contributed by atoms with van der Waals surface area (Å²) in [7, 11) is 1.29. The molecule has 3 N–H and O–H groups in total. The topological polar surface area (TPSA) is 90.7 Å². The summed E-state index contributed by atoms with van der Waals surface area (Å²) in [6, 6.07) is 12.4. The predicted octanol–water partition coefficient (Wildman–Crippen LogP) is 3.30. The highest BCUT2D eigenvalue weighted by Gasteiger charge is 2.12. The van der Waals surface area contributed by atoms with Crippen LogP contribution >= 0.6 is 0 Å². The SMILES string of the molecule is COC(=O)Nc1ccc(OC(N)=O)cc1-c1ccccc1C. The molecule has 6 nitrogen and oxygen atoms in total. The summed E-state index contributed by atoms with van der Waals surface area (Å²) in [5.74, 6) is 0.293. The van der Waals surface area contributed by atoms with Gasteiger partial charge in [0.05, 0.1) is 12.8 Å². The molecule has 0 saturated heterocycles. The number of benzene rings is 2. The summed E-state index contributed by atoms with van der Waals surface area (Å²) in [6.45, 7) is 1.94. The number of nitrogens with one attached hydrogen (secondary N) is 1. The first kappa shape index (κ1) is 15.4. The van der Waals surface area contributed by atoms with Crippen LogP contribution in [0.3, 0.4) is 0 Å². The molecule has 0 spiro atoms. The molecule has 0 fully saturated rings. The number of primary amides is 1. The molecule has 0 heterocycles. The van der Waals surface area contributed by atoms with Crippen LogP contribution in [-0.2, 0) is 4.74 Å². The summed E-state index contributed by atoms with van der Waals surface area (Å²) in [5, 5.41) is 2.63. The number of rotatable bonds is 3. The number of ether oxygens (including phenoxy) is 2. The summed E-state index contributed by atoms with van der Waals surface area (Å²) in [4.78, 5) is 22.4. The minimum atomic E-state index is -0.899. The molecule has 0 unspecified atom stereocenters. The van der Waals surface area contributed by atoms with Gasteiger partial charge in [0.1, 0.15) is 5.75 Å². The van der Waals surface area contributed by atoms with Gasteiger partial charge in [-0.3, -0.25) is 5.32 Å². The summed E-state index contributed by atoms with van der Waals surface area (Å²) >= 11 is 0. The Bertz CT molecular complexity index is 713. The van der Waals surface area contributed by atoms with E-state index in [1.807, 2.05) is 31.2 Å². The molecular formula is C16H16N2O4. The van der Waals surface area contributed by atoms with Crippen LogP contribution in [0, 0.1) is 6.92 Å². The normalized spacial score (nSPS) is 9.91. The number of aryl methyl sites for hydroxylation is 1. The van der Waals surface area contributed by atoms with Crippen LogP contribution in [0.1, 0.15) is 5.56 Å². The lowest BCUT2D eigenvalue weighted by atomic mass is 9.99. The molecular weight excluding hydrogens is 284 g/mol. The van der Waals surface area contributed by atoms with E-state index in [1.54, 1.807) is 12.1 Å². The fourth-order valence-corrected chi connectivity index (χ4v) is 2.07. The van der Waals surface area contributed by atoms with E-state index in [2.05, 4.69) is 10.1 Å². The first-order valence-electron chi connectivity index (χ1n) is 6.53. The smallest absolute Gasteiger partial charge is 0.411 e. The Kier molecular flexibility index (Phi) is 4.63. The van der Waals surface area contributed by atoms with Crippen molar-refractivity contribution in [3.63, 3.8) is 0 Å². The van der Waals surface area contributed by atoms with E-state index in [0.717, 1.165) is 11.1 Å². The Labute approximate surface area is 127 Å². The first-order valence-corrected chi connectivity index (χ1v) is 6.53. The van der Waals surface area contributed by atoms with Crippen molar-refractivity contribution in [2.75, 3.05) is 12.4 Å². The summed E-state index contributed by atoms with van der Waals surface area (Å²) in [6.07, 6.45) is -1.48. The zero-order valence-electron chi connectivity index (χ0n) is 12.3. The molecule has 0 saturated carbocycles. The maximum Gasteiger partial charge on any atom is 0.411 e. The van der Waals surface area contributed by atoms with Crippen molar-refractivity contribution in [2.45, 2.75) is 6.92 Å². The van der Waals surface area contributed by atoms with Crippen molar-refractivity contribution in [3.05, 3.63) is 48.0 Å². The number of carbonyl (C=O) groups is 2. The van der Waals surface area contributed by atoms with Gasteiger partial charge in [0, 0.05) is 5.56 Å².